The number of carbonyl (C=O) groups excluding carboxylic acids is 1. The first kappa shape index (κ1) is 31.1. The number of pyridine rings is 1. The summed E-state index contributed by atoms with van der Waals surface area (Å²) in [5, 5.41) is 14.2. The van der Waals surface area contributed by atoms with Crippen molar-refractivity contribution in [3.8, 4) is 0 Å². The number of aromatic nitrogens is 1. The molecule has 0 saturated carbocycles. The zero-order valence-corrected chi connectivity index (χ0v) is 20.5. The Morgan fingerprint density at radius 2 is 1.32 bits per heavy atom. The minimum atomic E-state index is -5.08. The predicted octanol–water partition coefficient (Wildman–Crippen LogP) is 3.85. The number of aliphatic carboxylic acids is 2. The Balaban J connectivity index is 0.000000301. The van der Waals surface area contributed by atoms with Crippen molar-refractivity contribution in [2.75, 3.05) is 39.3 Å². The van der Waals surface area contributed by atoms with Crippen LogP contribution in [-0.2, 0) is 16.1 Å². The Labute approximate surface area is 215 Å². The topological polar surface area (TPSA) is 114 Å². The van der Waals surface area contributed by atoms with Crippen molar-refractivity contribution in [1.82, 2.24) is 19.7 Å². The van der Waals surface area contributed by atoms with Crippen LogP contribution >= 0.6 is 0 Å². The number of alkyl halides is 6. The predicted molar refractivity (Wildman–Crippen MR) is 121 cm³/mol. The van der Waals surface area contributed by atoms with Gasteiger partial charge in [0.15, 0.2) is 0 Å². The lowest BCUT2D eigenvalue weighted by Gasteiger charge is -2.40. The summed E-state index contributed by atoms with van der Waals surface area (Å²) in [6, 6.07) is 4.46. The fourth-order valence-electron chi connectivity index (χ4n) is 4.60. The van der Waals surface area contributed by atoms with Crippen LogP contribution in [0, 0.1) is 5.41 Å². The Hall–Kier alpha value is -3.10. The molecule has 0 bridgehead atoms. The summed E-state index contributed by atoms with van der Waals surface area (Å²) < 4.78 is 63.5. The summed E-state index contributed by atoms with van der Waals surface area (Å²) in [5.41, 5.74) is 1.74. The number of hydrogen-bond donors (Lipinski definition) is 2. The van der Waals surface area contributed by atoms with Crippen LogP contribution in [0.1, 0.15) is 37.7 Å². The number of likely N-dealkylation sites (tertiary alicyclic amines) is 3. The minimum Gasteiger partial charge on any atom is -0.475 e. The van der Waals surface area contributed by atoms with Crippen molar-refractivity contribution in [3.05, 3.63) is 30.1 Å². The highest BCUT2D eigenvalue weighted by Gasteiger charge is 2.42. The van der Waals surface area contributed by atoms with Gasteiger partial charge in [-0.2, -0.15) is 26.3 Å². The molecule has 2 amide bonds. The number of amides is 2. The summed E-state index contributed by atoms with van der Waals surface area (Å²) in [7, 11) is 0. The molecule has 9 nitrogen and oxygen atoms in total. The molecule has 0 radical (unpaired) electrons. The SMILES string of the molecule is O=C(N1CCCC1)N1CCC2(CCN(Cc3cccnc3)C2)CC1.O=C(O)C(F)(F)F.O=C(O)C(F)(F)F. The van der Waals surface area contributed by atoms with Gasteiger partial charge in [0, 0.05) is 51.7 Å². The van der Waals surface area contributed by atoms with Crippen LogP contribution in [-0.4, -0.2) is 99.5 Å². The number of carboxylic acid groups (broad SMARTS) is 2. The van der Waals surface area contributed by atoms with Gasteiger partial charge in [-0.25, -0.2) is 14.4 Å². The molecule has 15 heteroatoms. The molecule has 3 aliphatic heterocycles. The Morgan fingerprint density at radius 1 is 0.842 bits per heavy atom. The third-order valence-corrected chi connectivity index (χ3v) is 6.60. The minimum absolute atomic E-state index is 0.285. The van der Waals surface area contributed by atoms with Gasteiger partial charge >= 0.3 is 30.3 Å². The third-order valence-electron chi connectivity index (χ3n) is 6.60. The van der Waals surface area contributed by atoms with Gasteiger partial charge in [0.2, 0.25) is 0 Å². The van der Waals surface area contributed by atoms with E-state index < -0.39 is 24.3 Å². The molecule has 4 rings (SSSR count). The average molecular weight is 557 g/mol. The number of rotatable bonds is 2. The van der Waals surface area contributed by atoms with Crippen molar-refractivity contribution in [2.45, 2.75) is 51.0 Å². The number of carbonyl (C=O) groups is 3. The van der Waals surface area contributed by atoms with E-state index in [1.54, 1.807) is 0 Å². The summed E-state index contributed by atoms with van der Waals surface area (Å²) in [4.78, 5) is 41.3. The molecule has 3 fully saturated rings. The van der Waals surface area contributed by atoms with Gasteiger partial charge in [0.25, 0.3) is 0 Å². The van der Waals surface area contributed by atoms with Crippen molar-refractivity contribution in [2.24, 2.45) is 5.41 Å². The third kappa shape index (κ3) is 9.65. The van der Waals surface area contributed by atoms with E-state index in [1.165, 1.54) is 37.9 Å². The molecule has 1 spiro atoms. The number of hydrogen-bond acceptors (Lipinski definition) is 5. The maximum absolute atomic E-state index is 12.5. The Kier molecular flexibility index (Phi) is 10.7. The highest BCUT2D eigenvalue weighted by molar-refractivity contribution is 5.75. The number of urea groups is 1. The average Bonchev–Trinajstić information content (AvgIpc) is 3.50. The van der Waals surface area contributed by atoms with Crippen molar-refractivity contribution < 1.29 is 50.9 Å². The molecule has 0 aromatic carbocycles. The fourth-order valence-corrected chi connectivity index (χ4v) is 4.60. The second kappa shape index (κ2) is 13.1. The number of carboxylic acids is 2. The zero-order chi connectivity index (χ0) is 28.6. The van der Waals surface area contributed by atoms with Crippen LogP contribution in [0.15, 0.2) is 24.5 Å². The molecule has 38 heavy (non-hydrogen) atoms. The van der Waals surface area contributed by atoms with Crippen LogP contribution in [0.3, 0.4) is 0 Å². The molecule has 214 valence electrons. The van der Waals surface area contributed by atoms with Crippen molar-refractivity contribution >= 4 is 18.0 Å². The van der Waals surface area contributed by atoms with E-state index in [-0.39, 0.29) is 6.03 Å². The van der Waals surface area contributed by atoms with E-state index >= 15 is 0 Å². The van der Waals surface area contributed by atoms with Gasteiger partial charge < -0.3 is 20.0 Å². The van der Waals surface area contributed by atoms with E-state index in [0.29, 0.717) is 5.41 Å². The van der Waals surface area contributed by atoms with Gasteiger partial charge in [-0.1, -0.05) is 6.07 Å². The summed E-state index contributed by atoms with van der Waals surface area (Å²) in [5.74, 6) is -5.51. The smallest absolute Gasteiger partial charge is 0.475 e. The highest BCUT2D eigenvalue weighted by Crippen LogP contribution is 2.41. The summed E-state index contributed by atoms with van der Waals surface area (Å²) in [6.07, 6.45) is -0.407. The molecule has 3 saturated heterocycles. The molecule has 4 heterocycles. The van der Waals surface area contributed by atoms with Crippen molar-refractivity contribution in [3.63, 3.8) is 0 Å². The lowest BCUT2D eigenvalue weighted by atomic mass is 9.78. The molecular weight excluding hydrogens is 526 g/mol. The summed E-state index contributed by atoms with van der Waals surface area (Å²) in [6.45, 7) is 7.15. The lowest BCUT2D eigenvalue weighted by Crippen LogP contribution is -2.48. The van der Waals surface area contributed by atoms with E-state index in [9.17, 15) is 31.1 Å². The van der Waals surface area contributed by atoms with Gasteiger partial charge in [-0.3, -0.25) is 9.88 Å². The molecule has 2 N–H and O–H groups in total. The zero-order valence-electron chi connectivity index (χ0n) is 20.5. The van der Waals surface area contributed by atoms with Crippen LogP contribution < -0.4 is 0 Å². The van der Waals surface area contributed by atoms with Gasteiger partial charge in [0.05, 0.1) is 0 Å². The first-order valence-corrected chi connectivity index (χ1v) is 11.9. The molecule has 0 aliphatic carbocycles. The Bertz CT molecular complexity index is 906. The quantitative estimate of drug-likeness (QED) is 0.532. The molecular formula is C23H30F6N4O5. The highest BCUT2D eigenvalue weighted by atomic mass is 19.4. The number of piperidine rings is 1. The van der Waals surface area contributed by atoms with Gasteiger partial charge in [-0.15, -0.1) is 0 Å². The standard InChI is InChI=1S/C19H28N4O.2C2HF3O2/c24-18(22-9-1-2-10-22)23-12-6-19(7-13-23)5-11-21(16-19)15-17-4-3-8-20-14-17;2*3-2(4,5)1(6)7/h3-4,8,14H,1-2,5-7,9-13,15-16H2;2*(H,6,7). The second-order valence-electron chi connectivity index (χ2n) is 9.39. The maximum Gasteiger partial charge on any atom is 0.490 e. The van der Waals surface area contributed by atoms with Crippen LogP contribution in [0.25, 0.3) is 0 Å². The first-order chi connectivity index (χ1) is 17.6. The van der Waals surface area contributed by atoms with Crippen LogP contribution in [0.2, 0.25) is 0 Å². The second-order valence-corrected chi connectivity index (χ2v) is 9.39. The van der Waals surface area contributed by atoms with Crippen LogP contribution in [0.5, 0.6) is 0 Å². The van der Waals surface area contributed by atoms with Gasteiger partial charge in [0.1, 0.15) is 0 Å². The van der Waals surface area contributed by atoms with E-state index in [1.807, 2.05) is 23.4 Å². The molecule has 3 aliphatic rings. The number of nitrogens with zero attached hydrogens (tertiary/aromatic N) is 4. The van der Waals surface area contributed by atoms with Crippen LogP contribution in [0.4, 0.5) is 31.1 Å². The monoisotopic (exact) mass is 556 g/mol. The van der Waals surface area contributed by atoms with Crippen molar-refractivity contribution in [1.29, 1.82) is 0 Å². The largest absolute Gasteiger partial charge is 0.490 e. The lowest BCUT2D eigenvalue weighted by molar-refractivity contribution is -0.193. The summed E-state index contributed by atoms with van der Waals surface area (Å²) >= 11 is 0. The molecule has 0 unspecified atom stereocenters. The molecule has 0 atom stereocenters. The molecule has 1 aromatic rings. The normalized spacial score (nSPS) is 19.3. The first-order valence-electron chi connectivity index (χ1n) is 11.9. The maximum atomic E-state index is 12.5. The molecule has 1 aromatic heterocycles. The van der Waals surface area contributed by atoms with E-state index in [2.05, 4.69) is 20.9 Å². The van der Waals surface area contributed by atoms with Gasteiger partial charge in [-0.05, 0) is 55.7 Å². The van der Waals surface area contributed by atoms with E-state index in [4.69, 9.17) is 19.8 Å². The number of halogens is 6. The van der Waals surface area contributed by atoms with E-state index in [0.717, 1.165) is 45.6 Å². The fraction of sp³-hybridized carbons (Fsp3) is 0.652. The Morgan fingerprint density at radius 3 is 1.76 bits per heavy atom.